The van der Waals surface area contributed by atoms with E-state index < -0.39 is 12.6 Å². The molecule has 0 unspecified atom stereocenters. The Hall–Kier alpha value is -1.36. The van der Waals surface area contributed by atoms with Crippen LogP contribution in [0.2, 0.25) is 0 Å². The summed E-state index contributed by atoms with van der Waals surface area (Å²) in [5.74, 6) is 0. The highest BCUT2D eigenvalue weighted by Crippen LogP contribution is 2.26. The van der Waals surface area contributed by atoms with Gasteiger partial charge in [0.1, 0.15) is 5.01 Å². The molecule has 0 atom stereocenters. The number of halogens is 3. The number of alkyl halides is 3. The van der Waals surface area contributed by atoms with Gasteiger partial charge in [0.05, 0.1) is 12.1 Å². The van der Waals surface area contributed by atoms with E-state index in [1.165, 1.54) is 0 Å². The van der Waals surface area contributed by atoms with Crippen molar-refractivity contribution in [3.05, 3.63) is 40.7 Å². The molecule has 0 aliphatic heterocycles. The van der Waals surface area contributed by atoms with Crippen molar-refractivity contribution in [2.45, 2.75) is 12.6 Å². The normalized spacial score (nSPS) is 11.7. The summed E-state index contributed by atoms with van der Waals surface area (Å²) in [5, 5.41) is 1.73. The second-order valence-corrected chi connectivity index (χ2v) is 4.15. The van der Waals surface area contributed by atoms with E-state index in [2.05, 4.69) is 11.1 Å². The smallest absolute Gasteiger partial charge is 0.241 e. The van der Waals surface area contributed by atoms with E-state index in [1.54, 1.807) is 29.6 Å². The first kappa shape index (κ1) is 11.1. The topological polar surface area (TPSA) is 12.9 Å². The third kappa shape index (κ3) is 2.82. The number of rotatable bonds is 2. The molecular weight excluding hydrogens is 235 g/mol. The average Bonchev–Trinajstić information content (AvgIpc) is 2.65. The second kappa shape index (κ2) is 4.25. The van der Waals surface area contributed by atoms with Crippen molar-refractivity contribution in [2.24, 2.45) is 0 Å². The Morgan fingerprint density at radius 3 is 2.56 bits per heavy atom. The Balaban J connectivity index is 2.21. The molecule has 0 saturated carbocycles. The first-order valence-corrected chi connectivity index (χ1v) is 5.40. The van der Waals surface area contributed by atoms with Crippen molar-refractivity contribution in [1.29, 1.82) is 0 Å². The Morgan fingerprint density at radius 1 is 1.25 bits per heavy atom. The molecule has 0 fully saturated rings. The Bertz CT molecular complexity index is 462. The maximum atomic E-state index is 12.1. The number of nitrogens with zero attached hydrogens (tertiary/aromatic N) is 1. The van der Waals surface area contributed by atoms with E-state index in [0.717, 1.165) is 16.9 Å². The molecule has 2 rings (SSSR count). The molecule has 0 saturated heterocycles. The summed E-state index contributed by atoms with van der Waals surface area (Å²) in [6, 6.07) is 9.80. The van der Waals surface area contributed by atoms with Gasteiger partial charge in [-0.15, -0.1) is 11.3 Å². The van der Waals surface area contributed by atoms with Crippen molar-refractivity contribution in [1.82, 2.24) is 4.98 Å². The van der Waals surface area contributed by atoms with Crippen LogP contribution >= 0.6 is 11.3 Å². The van der Waals surface area contributed by atoms with Gasteiger partial charge < -0.3 is 0 Å². The minimum absolute atomic E-state index is 0.0929. The molecule has 1 aromatic carbocycles. The summed E-state index contributed by atoms with van der Waals surface area (Å²) in [6.45, 7) is 0. The second-order valence-electron chi connectivity index (χ2n) is 3.21. The van der Waals surface area contributed by atoms with Gasteiger partial charge in [-0.2, -0.15) is 13.2 Å². The van der Waals surface area contributed by atoms with Crippen LogP contribution in [-0.2, 0) is 6.42 Å². The van der Waals surface area contributed by atoms with Crippen LogP contribution in [0.1, 0.15) is 5.01 Å². The van der Waals surface area contributed by atoms with Crippen molar-refractivity contribution in [2.75, 3.05) is 0 Å². The molecule has 0 N–H and O–H groups in total. The fraction of sp³-hybridized carbons (Fsp3) is 0.182. The SMILES string of the molecule is FC(F)(F)Cc1nc(-c2cc[c]cc2)cs1. The lowest BCUT2D eigenvalue weighted by molar-refractivity contribution is -0.127. The molecule has 16 heavy (non-hydrogen) atoms. The van der Waals surface area contributed by atoms with Crippen molar-refractivity contribution < 1.29 is 13.2 Å². The maximum Gasteiger partial charge on any atom is 0.395 e. The number of hydrogen-bond donors (Lipinski definition) is 0. The summed E-state index contributed by atoms with van der Waals surface area (Å²) >= 11 is 1.03. The van der Waals surface area contributed by atoms with Crippen molar-refractivity contribution in [3.8, 4) is 11.3 Å². The largest absolute Gasteiger partial charge is 0.395 e. The van der Waals surface area contributed by atoms with Crippen LogP contribution in [0.15, 0.2) is 29.6 Å². The first-order valence-electron chi connectivity index (χ1n) is 4.52. The molecule has 1 aromatic heterocycles. The molecule has 1 nitrogen and oxygen atoms in total. The molecule has 1 heterocycles. The molecule has 0 aliphatic carbocycles. The van der Waals surface area contributed by atoms with Crippen LogP contribution in [0.3, 0.4) is 0 Å². The predicted octanol–water partition coefficient (Wildman–Crippen LogP) is 3.72. The molecule has 2 aromatic rings. The Kier molecular flexibility index (Phi) is 2.96. The maximum absolute atomic E-state index is 12.1. The Labute approximate surface area is 94.6 Å². The number of hydrogen-bond acceptors (Lipinski definition) is 2. The summed E-state index contributed by atoms with van der Waals surface area (Å²) in [4.78, 5) is 3.95. The van der Waals surface area contributed by atoms with Crippen molar-refractivity contribution >= 4 is 11.3 Å². The van der Waals surface area contributed by atoms with E-state index in [-0.39, 0.29) is 5.01 Å². The van der Waals surface area contributed by atoms with Gasteiger partial charge in [-0.25, -0.2) is 4.98 Å². The standard InChI is InChI=1S/C11H7F3NS/c12-11(13,14)6-10-15-9(7-16-10)8-4-2-1-3-5-8/h2-5,7H,6H2. The van der Waals surface area contributed by atoms with Gasteiger partial charge in [0, 0.05) is 10.9 Å². The van der Waals surface area contributed by atoms with Crippen LogP contribution in [-0.4, -0.2) is 11.2 Å². The van der Waals surface area contributed by atoms with Gasteiger partial charge in [-0.3, -0.25) is 0 Å². The quantitative estimate of drug-likeness (QED) is 0.782. The molecule has 0 aliphatic rings. The van der Waals surface area contributed by atoms with Gasteiger partial charge in [-0.05, 0) is 6.07 Å². The highest BCUT2D eigenvalue weighted by atomic mass is 32.1. The lowest BCUT2D eigenvalue weighted by atomic mass is 10.2. The molecular formula is C11H7F3NS. The lowest BCUT2D eigenvalue weighted by Gasteiger charge is -2.01. The molecule has 0 spiro atoms. The average molecular weight is 242 g/mol. The van der Waals surface area contributed by atoms with Crippen LogP contribution < -0.4 is 0 Å². The van der Waals surface area contributed by atoms with Gasteiger partial charge in [0.15, 0.2) is 0 Å². The molecule has 0 amide bonds. The summed E-state index contributed by atoms with van der Waals surface area (Å²) in [6.07, 6.45) is -5.16. The zero-order valence-electron chi connectivity index (χ0n) is 8.08. The van der Waals surface area contributed by atoms with Crippen LogP contribution in [0.25, 0.3) is 11.3 Å². The van der Waals surface area contributed by atoms with Crippen molar-refractivity contribution in [3.63, 3.8) is 0 Å². The summed E-state index contributed by atoms with van der Waals surface area (Å²) in [7, 11) is 0. The summed E-state index contributed by atoms with van der Waals surface area (Å²) in [5.41, 5.74) is 1.39. The van der Waals surface area contributed by atoms with Crippen LogP contribution in [0.5, 0.6) is 0 Å². The first-order chi connectivity index (χ1) is 7.54. The monoisotopic (exact) mass is 242 g/mol. The fourth-order valence-electron chi connectivity index (χ4n) is 1.25. The minimum atomic E-state index is -4.19. The van der Waals surface area contributed by atoms with E-state index in [1.807, 2.05) is 0 Å². The lowest BCUT2D eigenvalue weighted by Crippen LogP contribution is -2.11. The van der Waals surface area contributed by atoms with E-state index in [9.17, 15) is 13.2 Å². The number of benzene rings is 1. The molecule has 5 heteroatoms. The highest BCUT2D eigenvalue weighted by Gasteiger charge is 2.29. The fourth-order valence-corrected chi connectivity index (χ4v) is 2.09. The predicted molar refractivity (Wildman–Crippen MR) is 56.1 cm³/mol. The van der Waals surface area contributed by atoms with Gasteiger partial charge >= 0.3 is 6.18 Å². The number of thiazole rings is 1. The van der Waals surface area contributed by atoms with Crippen LogP contribution in [0, 0.1) is 6.07 Å². The van der Waals surface area contributed by atoms with E-state index in [0.29, 0.717) is 5.69 Å². The zero-order valence-corrected chi connectivity index (χ0v) is 8.90. The minimum Gasteiger partial charge on any atom is -0.241 e. The number of aromatic nitrogens is 1. The van der Waals surface area contributed by atoms with Gasteiger partial charge in [-0.1, -0.05) is 24.3 Å². The molecule has 83 valence electrons. The van der Waals surface area contributed by atoms with E-state index >= 15 is 0 Å². The molecule has 1 radical (unpaired) electrons. The zero-order chi connectivity index (χ0) is 11.6. The molecule has 0 bridgehead atoms. The van der Waals surface area contributed by atoms with Gasteiger partial charge in [0.25, 0.3) is 0 Å². The van der Waals surface area contributed by atoms with E-state index in [4.69, 9.17) is 0 Å². The van der Waals surface area contributed by atoms with Gasteiger partial charge in [0.2, 0.25) is 0 Å². The summed E-state index contributed by atoms with van der Waals surface area (Å²) < 4.78 is 36.3. The highest BCUT2D eigenvalue weighted by molar-refractivity contribution is 7.09. The third-order valence-corrected chi connectivity index (χ3v) is 2.77. The Morgan fingerprint density at radius 2 is 1.94 bits per heavy atom. The van der Waals surface area contributed by atoms with Crippen LogP contribution in [0.4, 0.5) is 13.2 Å². The third-order valence-electron chi connectivity index (χ3n) is 1.92.